The summed E-state index contributed by atoms with van der Waals surface area (Å²) in [5.74, 6) is 1.26. The second-order valence-electron chi connectivity index (χ2n) is 6.85. The topological polar surface area (TPSA) is 20.2 Å². The molecule has 1 heteroatoms. The van der Waals surface area contributed by atoms with Gasteiger partial charge in [0.15, 0.2) is 0 Å². The molecule has 1 nitrogen and oxygen atoms in total. The minimum atomic E-state index is -0.231. The van der Waals surface area contributed by atoms with E-state index in [2.05, 4.69) is 39.2 Å². The molecule has 0 bridgehead atoms. The van der Waals surface area contributed by atoms with Gasteiger partial charge >= 0.3 is 0 Å². The molecule has 0 aromatic heterocycles. The van der Waals surface area contributed by atoms with Crippen LogP contribution in [0.3, 0.4) is 0 Å². The Bertz CT molecular complexity index is 439. The summed E-state index contributed by atoms with van der Waals surface area (Å²) < 4.78 is 0. The highest BCUT2D eigenvalue weighted by Crippen LogP contribution is 2.28. The van der Waals surface area contributed by atoms with E-state index in [-0.39, 0.29) is 6.10 Å². The Morgan fingerprint density at radius 1 is 1.05 bits per heavy atom. The van der Waals surface area contributed by atoms with Gasteiger partial charge < -0.3 is 5.11 Å². The van der Waals surface area contributed by atoms with Crippen LogP contribution in [-0.2, 0) is 0 Å². The molecular formula is C20H32O. The molecule has 21 heavy (non-hydrogen) atoms. The molecular weight excluding hydrogens is 256 g/mol. The standard InChI is InChI=1S/C10H16O.C10H16/c1-7(2)9-5-4-8(3)10(11)6-9;1-8(2)10-6-4-9(3)5-7-10/h4,9-11H,1,5-6H2,2-3H3;4,10H,1,5-7H2,2-3H3. The van der Waals surface area contributed by atoms with Gasteiger partial charge in [0.25, 0.3) is 0 Å². The molecule has 3 unspecified atom stereocenters. The van der Waals surface area contributed by atoms with Crippen LogP contribution >= 0.6 is 0 Å². The summed E-state index contributed by atoms with van der Waals surface area (Å²) in [5, 5.41) is 9.49. The molecule has 0 aliphatic heterocycles. The van der Waals surface area contributed by atoms with Crippen molar-refractivity contribution in [3.05, 3.63) is 47.6 Å². The average molecular weight is 288 g/mol. The molecule has 0 fully saturated rings. The molecule has 2 aliphatic rings. The van der Waals surface area contributed by atoms with Crippen molar-refractivity contribution in [3.8, 4) is 0 Å². The van der Waals surface area contributed by atoms with E-state index < -0.39 is 0 Å². The summed E-state index contributed by atoms with van der Waals surface area (Å²) in [7, 11) is 0. The van der Waals surface area contributed by atoms with Crippen molar-refractivity contribution >= 4 is 0 Å². The zero-order valence-electron chi connectivity index (χ0n) is 14.3. The van der Waals surface area contributed by atoms with Crippen molar-refractivity contribution < 1.29 is 5.11 Å². The van der Waals surface area contributed by atoms with Gasteiger partial charge in [-0.15, -0.1) is 0 Å². The lowest BCUT2D eigenvalue weighted by molar-refractivity contribution is 0.174. The van der Waals surface area contributed by atoms with Crippen LogP contribution in [0.25, 0.3) is 0 Å². The lowest BCUT2D eigenvalue weighted by atomic mass is 9.84. The number of hydrogen-bond acceptors (Lipinski definition) is 1. The van der Waals surface area contributed by atoms with E-state index in [0.29, 0.717) is 5.92 Å². The minimum absolute atomic E-state index is 0.231. The molecule has 2 rings (SSSR count). The Morgan fingerprint density at radius 2 is 1.62 bits per heavy atom. The van der Waals surface area contributed by atoms with Crippen molar-refractivity contribution in [2.45, 2.75) is 65.9 Å². The highest BCUT2D eigenvalue weighted by Gasteiger charge is 2.19. The van der Waals surface area contributed by atoms with Gasteiger partial charge in [-0.25, -0.2) is 0 Å². The number of aliphatic hydroxyl groups is 1. The van der Waals surface area contributed by atoms with Crippen molar-refractivity contribution in [1.29, 1.82) is 0 Å². The highest BCUT2D eigenvalue weighted by atomic mass is 16.3. The fourth-order valence-electron chi connectivity index (χ4n) is 2.83. The van der Waals surface area contributed by atoms with Crippen LogP contribution in [0.15, 0.2) is 47.6 Å². The summed E-state index contributed by atoms with van der Waals surface area (Å²) in [6.45, 7) is 16.2. The second-order valence-corrected chi connectivity index (χ2v) is 6.85. The average Bonchev–Trinajstić information content (AvgIpc) is 2.43. The first-order chi connectivity index (χ1) is 9.81. The first kappa shape index (κ1) is 18.0. The molecule has 0 aromatic carbocycles. The maximum atomic E-state index is 9.49. The fraction of sp³-hybridized carbons (Fsp3) is 0.600. The van der Waals surface area contributed by atoms with Gasteiger partial charge in [0.05, 0.1) is 6.10 Å². The third kappa shape index (κ3) is 6.05. The maximum absolute atomic E-state index is 9.49. The van der Waals surface area contributed by atoms with Gasteiger partial charge in [0.2, 0.25) is 0 Å². The Hall–Kier alpha value is -1.08. The van der Waals surface area contributed by atoms with E-state index in [1.807, 2.05) is 13.8 Å². The molecule has 0 saturated carbocycles. The van der Waals surface area contributed by atoms with Crippen LogP contribution in [0.2, 0.25) is 0 Å². The van der Waals surface area contributed by atoms with E-state index in [4.69, 9.17) is 0 Å². The Labute approximate surface area is 131 Å². The second kappa shape index (κ2) is 8.38. The summed E-state index contributed by atoms with van der Waals surface area (Å²) >= 11 is 0. The van der Waals surface area contributed by atoms with Gasteiger partial charge in [-0.3, -0.25) is 0 Å². The van der Waals surface area contributed by atoms with Gasteiger partial charge in [0, 0.05) is 0 Å². The van der Waals surface area contributed by atoms with Crippen molar-refractivity contribution in [3.63, 3.8) is 0 Å². The number of allylic oxidation sites excluding steroid dienone is 5. The van der Waals surface area contributed by atoms with Crippen LogP contribution in [0, 0.1) is 11.8 Å². The summed E-state index contributed by atoms with van der Waals surface area (Å²) in [6.07, 6.45) is 9.97. The molecule has 118 valence electrons. The largest absolute Gasteiger partial charge is 0.389 e. The van der Waals surface area contributed by atoms with Gasteiger partial charge in [-0.2, -0.15) is 0 Å². The molecule has 3 atom stereocenters. The number of hydrogen-bond donors (Lipinski definition) is 1. The molecule has 0 amide bonds. The van der Waals surface area contributed by atoms with Gasteiger partial charge in [-0.05, 0) is 77.2 Å². The molecule has 0 aromatic rings. The van der Waals surface area contributed by atoms with Crippen LogP contribution in [0.5, 0.6) is 0 Å². The SMILES string of the molecule is C=C(C)C1CC=C(C)C(O)C1.C=C(C)C1CC=C(C)CC1. The molecule has 0 spiro atoms. The van der Waals surface area contributed by atoms with Crippen LogP contribution in [0.4, 0.5) is 0 Å². The third-order valence-corrected chi connectivity index (χ3v) is 4.79. The maximum Gasteiger partial charge on any atom is 0.0753 e. The van der Waals surface area contributed by atoms with E-state index >= 15 is 0 Å². The Balaban J connectivity index is 0.000000211. The fourth-order valence-corrected chi connectivity index (χ4v) is 2.83. The van der Waals surface area contributed by atoms with Crippen LogP contribution in [0.1, 0.15) is 59.8 Å². The van der Waals surface area contributed by atoms with Crippen LogP contribution in [-0.4, -0.2) is 11.2 Å². The minimum Gasteiger partial charge on any atom is -0.389 e. The predicted octanol–water partition coefficient (Wildman–Crippen LogP) is 5.59. The summed E-state index contributed by atoms with van der Waals surface area (Å²) in [6, 6.07) is 0. The first-order valence-corrected chi connectivity index (χ1v) is 8.12. The normalized spacial score (nSPS) is 28.7. The Morgan fingerprint density at radius 3 is 2.05 bits per heavy atom. The van der Waals surface area contributed by atoms with Crippen molar-refractivity contribution in [2.75, 3.05) is 0 Å². The molecule has 0 saturated heterocycles. The van der Waals surface area contributed by atoms with E-state index in [1.165, 1.54) is 30.4 Å². The van der Waals surface area contributed by atoms with Crippen LogP contribution < -0.4 is 0 Å². The zero-order chi connectivity index (χ0) is 16.0. The lowest BCUT2D eigenvalue weighted by Gasteiger charge is -2.24. The smallest absolute Gasteiger partial charge is 0.0753 e. The first-order valence-electron chi connectivity index (χ1n) is 8.12. The zero-order valence-corrected chi connectivity index (χ0v) is 14.3. The summed E-state index contributed by atoms with van der Waals surface area (Å²) in [4.78, 5) is 0. The van der Waals surface area contributed by atoms with E-state index in [1.54, 1.807) is 5.57 Å². The molecule has 0 heterocycles. The van der Waals surface area contributed by atoms with Gasteiger partial charge in [-0.1, -0.05) is 42.0 Å². The lowest BCUT2D eigenvalue weighted by Crippen LogP contribution is -2.19. The van der Waals surface area contributed by atoms with E-state index in [0.717, 1.165) is 24.3 Å². The molecule has 1 N–H and O–H groups in total. The number of aliphatic hydroxyl groups excluding tert-OH is 1. The quantitative estimate of drug-likeness (QED) is 0.657. The van der Waals surface area contributed by atoms with Gasteiger partial charge in [0.1, 0.15) is 0 Å². The van der Waals surface area contributed by atoms with Crippen molar-refractivity contribution in [1.82, 2.24) is 0 Å². The summed E-state index contributed by atoms with van der Waals surface area (Å²) in [5.41, 5.74) is 5.21. The molecule has 0 radical (unpaired) electrons. The predicted molar refractivity (Wildman–Crippen MR) is 93.2 cm³/mol. The third-order valence-electron chi connectivity index (χ3n) is 4.79. The Kier molecular flexibility index (Phi) is 7.17. The van der Waals surface area contributed by atoms with Crippen molar-refractivity contribution in [2.24, 2.45) is 11.8 Å². The molecule has 2 aliphatic carbocycles. The van der Waals surface area contributed by atoms with E-state index in [9.17, 15) is 5.11 Å². The highest BCUT2D eigenvalue weighted by molar-refractivity contribution is 5.14. The number of rotatable bonds is 2. The monoisotopic (exact) mass is 288 g/mol.